The van der Waals surface area contributed by atoms with Crippen LogP contribution in [-0.2, 0) is 14.3 Å². The molecule has 0 bridgehead atoms. The number of thioether (sulfide) groups is 1. The number of non-ortho nitro benzene ring substituents is 1. The Labute approximate surface area is 248 Å². The molecule has 0 aliphatic carbocycles. The highest BCUT2D eigenvalue weighted by Crippen LogP contribution is 2.35. The Morgan fingerprint density at radius 1 is 0.977 bits per heavy atom. The summed E-state index contributed by atoms with van der Waals surface area (Å²) in [7, 11) is 0. The predicted octanol–water partition coefficient (Wildman–Crippen LogP) is 4.81. The quantitative estimate of drug-likeness (QED) is 0.201. The van der Waals surface area contributed by atoms with Crippen molar-refractivity contribution < 1.29 is 33.7 Å². The SMILES string of the molecule is O=C(CN1C(=O)S/C(=C/c2ccc(Oc3ccc([N+](=O)[O-])cc3[N+](=O)[O-])cc2)C1=O)Nc1ccc(N2CCOCC2)cc1. The van der Waals surface area contributed by atoms with Gasteiger partial charge in [-0.25, -0.2) is 0 Å². The Morgan fingerprint density at radius 2 is 1.67 bits per heavy atom. The van der Waals surface area contributed by atoms with Gasteiger partial charge in [0, 0.05) is 30.5 Å². The summed E-state index contributed by atoms with van der Waals surface area (Å²) < 4.78 is 10.9. The topological polar surface area (TPSA) is 174 Å². The van der Waals surface area contributed by atoms with E-state index in [0.717, 1.165) is 41.9 Å². The van der Waals surface area contributed by atoms with Gasteiger partial charge >= 0.3 is 5.69 Å². The van der Waals surface area contributed by atoms with Gasteiger partial charge in [0.1, 0.15) is 12.3 Å². The van der Waals surface area contributed by atoms with Gasteiger partial charge in [-0.1, -0.05) is 12.1 Å². The van der Waals surface area contributed by atoms with Crippen molar-refractivity contribution in [3.63, 3.8) is 0 Å². The van der Waals surface area contributed by atoms with Crippen LogP contribution in [-0.4, -0.2) is 64.6 Å². The minimum Gasteiger partial charge on any atom is -0.450 e. The first kappa shape index (κ1) is 29.2. The van der Waals surface area contributed by atoms with E-state index in [0.29, 0.717) is 36.2 Å². The Hall–Kier alpha value is -5.28. The van der Waals surface area contributed by atoms with E-state index in [1.54, 1.807) is 24.3 Å². The van der Waals surface area contributed by atoms with Crippen LogP contribution in [0.2, 0.25) is 0 Å². The number of nitro groups is 2. The molecular formula is C28H23N5O9S. The molecule has 0 atom stereocenters. The third-order valence-electron chi connectivity index (χ3n) is 6.46. The molecule has 2 heterocycles. The van der Waals surface area contributed by atoms with Gasteiger partial charge in [0.05, 0.1) is 34.0 Å². The van der Waals surface area contributed by atoms with Crippen LogP contribution in [0.4, 0.5) is 27.5 Å². The van der Waals surface area contributed by atoms with Crippen LogP contribution in [0.15, 0.2) is 71.6 Å². The Kier molecular flexibility index (Phi) is 8.64. The largest absolute Gasteiger partial charge is 0.450 e. The number of amides is 3. The molecule has 2 aliphatic heterocycles. The number of anilines is 2. The second-order valence-corrected chi connectivity index (χ2v) is 10.3. The van der Waals surface area contributed by atoms with E-state index in [1.807, 2.05) is 12.1 Å². The smallest absolute Gasteiger partial charge is 0.318 e. The summed E-state index contributed by atoms with van der Waals surface area (Å²) in [6.45, 7) is 2.42. The van der Waals surface area contributed by atoms with E-state index in [9.17, 15) is 34.6 Å². The van der Waals surface area contributed by atoms with Crippen molar-refractivity contribution in [1.82, 2.24) is 4.90 Å². The molecule has 0 aromatic heterocycles. The molecule has 2 saturated heterocycles. The van der Waals surface area contributed by atoms with Crippen LogP contribution >= 0.6 is 11.8 Å². The van der Waals surface area contributed by atoms with Gasteiger partial charge in [-0.15, -0.1) is 0 Å². The van der Waals surface area contributed by atoms with Crippen molar-refractivity contribution >= 4 is 57.6 Å². The summed E-state index contributed by atoms with van der Waals surface area (Å²) in [5.41, 5.74) is 1.05. The van der Waals surface area contributed by atoms with E-state index in [-0.39, 0.29) is 16.4 Å². The number of benzene rings is 3. The fourth-order valence-electron chi connectivity index (χ4n) is 4.32. The van der Waals surface area contributed by atoms with E-state index in [4.69, 9.17) is 9.47 Å². The molecule has 2 fully saturated rings. The van der Waals surface area contributed by atoms with E-state index in [1.165, 1.54) is 18.2 Å². The molecule has 3 aromatic carbocycles. The summed E-state index contributed by atoms with van der Waals surface area (Å²) in [6, 6.07) is 16.4. The van der Waals surface area contributed by atoms with Gasteiger partial charge < -0.3 is 19.7 Å². The number of nitro benzene ring substituents is 2. The number of hydrogen-bond acceptors (Lipinski definition) is 11. The molecular weight excluding hydrogens is 582 g/mol. The van der Waals surface area contributed by atoms with E-state index in [2.05, 4.69) is 10.2 Å². The Balaban J connectivity index is 1.19. The van der Waals surface area contributed by atoms with Crippen molar-refractivity contribution in [2.24, 2.45) is 0 Å². The zero-order valence-electron chi connectivity index (χ0n) is 22.3. The first-order valence-electron chi connectivity index (χ1n) is 12.9. The van der Waals surface area contributed by atoms with E-state index >= 15 is 0 Å². The zero-order valence-corrected chi connectivity index (χ0v) is 23.2. The van der Waals surface area contributed by atoms with Crippen LogP contribution in [0.3, 0.4) is 0 Å². The molecule has 5 rings (SSSR count). The number of carbonyl (C=O) groups is 3. The standard InChI is InChI=1S/C28H23N5O9S/c34-26(29-19-3-5-20(6-4-19)30-11-13-41-14-12-30)17-31-27(35)25(43-28(31)36)15-18-1-8-22(9-2-18)42-24-10-7-21(32(37)38)16-23(24)33(39)40/h1-10,15-16H,11-14,17H2,(H,29,34)/b25-15+. The van der Waals surface area contributed by atoms with Crippen molar-refractivity contribution in [3.8, 4) is 11.5 Å². The monoisotopic (exact) mass is 605 g/mol. The molecule has 3 aromatic rings. The maximum absolute atomic E-state index is 12.9. The van der Waals surface area contributed by atoms with Crippen LogP contribution in [0.25, 0.3) is 6.08 Å². The van der Waals surface area contributed by atoms with Crippen LogP contribution in [0.5, 0.6) is 11.5 Å². The van der Waals surface area contributed by atoms with Gasteiger partial charge in [-0.3, -0.25) is 39.5 Å². The minimum absolute atomic E-state index is 0.118. The molecule has 3 amide bonds. The molecule has 43 heavy (non-hydrogen) atoms. The molecule has 0 spiro atoms. The number of ether oxygens (including phenoxy) is 2. The lowest BCUT2D eigenvalue weighted by atomic mass is 10.2. The van der Waals surface area contributed by atoms with Crippen LogP contribution in [0, 0.1) is 20.2 Å². The molecule has 0 saturated carbocycles. The van der Waals surface area contributed by atoms with Gasteiger partial charge in [-0.05, 0) is 65.9 Å². The highest BCUT2D eigenvalue weighted by atomic mass is 32.2. The predicted molar refractivity (Wildman–Crippen MR) is 157 cm³/mol. The average molecular weight is 606 g/mol. The van der Waals surface area contributed by atoms with Gasteiger partial charge in [0.25, 0.3) is 16.8 Å². The van der Waals surface area contributed by atoms with Gasteiger partial charge in [0.15, 0.2) is 0 Å². The maximum Gasteiger partial charge on any atom is 0.318 e. The second kappa shape index (κ2) is 12.7. The Morgan fingerprint density at radius 3 is 2.33 bits per heavy atom. The van der Waals surface area contributed by atoms with Crippen molar-refractivity contribution in [2.75, 3.05) is 43.1 Å². The molecule has 0 unspecified atom stereocenters. The van der Waals surface area contributed by atoms with Crippen LogP contribution < -0.4 is 15.0 Å². The van der Waals surface area contributed by atoms with Crippen molar-refractivity contribution in [2.45, 2.75) is 0 Å². The lowest BCUT2D eigenvalue weighted by Crippen LogP contribution is -2.36. The summed E-state index contributed by atoms with van der Waals surface area (Å²) >= 11 is 0.700. The number of nitrogens with one attached hydrogen (secondary N) is 1. The van der Waals surface area contributed by atoms with Crippen LogP contribution in [0.1, 0.15) is 5.56 Å². The first-order valence-corrected chi connectivity index (χ1v) is 13.7. The number of carbonyl (C=O) groups excluding carboxylic acids is 3. The Bertz CT molecular complexity index is 1620. The molecule has 1 N–H and O–H groups in total. The number of hydrogen-bond donors (Lipinski definition) is 1. The highest BCUT2D eigenvalue weighted by molar-refractivity contribution is 8.18. The number of imide groups is 1. The summed E-state index contributed by atoms with van der Waals surface area (Å²) in [6.07, 6.45) is 1.48. The summed E-state index contributed by atoms with van der Waals surface area (Å²) in [5.74, 6) is -1.12. The lowest BCUT2D eigenvalue weighted by molar-refractivity contribution is -0.394. The maximum atomic E-state index is 12.9. The lowest BCUT2D eigenvalue weighted by Gasteiger charge is -2.28. The summed E-state index contributed by atoms with van der Waals surface area (Å²) in [4.78, 5) is 61.9. The molecule has 220 valence electrons. The van der Waals surface area contributed by atoms with E-state index < -0.39 is 44.8 Å². The number of rotatable bonds is 9. The van der Waals surface area contributed by atoms with Gasteiger partial charge in [-0.2, -0.15) is 0 Å². The zero-order chi connectivity index (χ0) is 30.5. The fraction of sp³-hybridized carbons (Fsp3) is 0.179. The fourth-order valence-corrected chi connectivity index (χ4v) is 5.15. The normalized spacial score (nSPS) is 16.0. The van der Waals surface area contributed by atoms with Crippen molar-refractivity contribution in [3.05, 3.63) is 97.4 Å². The number of nitrogens with zero attached hydrogens (tertiary/aromatic N) is 4. The third-order valence-corrected chi connectivity index (χ3v) is 7.37. The molecule has 0 radical (unpaired) electrons. The minimum atomic E-state index is -0.782. The second-order valence-electron chi connectivity index (χ2n) is 9.30. The molecule has 15 heteroatoms. The van der Waals surface area contributed by atoms with Gasteiger partial charge in [0.2, 0.25) is 11.7 Å². The third kappa shape index (κ3) is 6.97. The molecule has 2 aliphatic rings. The highest BCUT2D eigenvalue weighted by Gasteiger charge is 2.36. The molecule has 14 nitrogen and oxygen atoms in total. The summed E-state index contributed by atoms with van der Waals surface area (Å²) in [5, 5.41) is 24.4. The van der Waals surface area contributed by atoms with Crippen molar-refractivity contribution in [1.29, 1.82) is 0 Å². The number of morpholine rings is 1. The average Bonchev–Trinajstić information content (AvgIpc) is 3.26. The first-order chi connectivity index (χ1) is 20.7.